The van der Waals surface area contributed by atoms with Crippen LogP contribution >= 0.6 is 15.9 Å². The van der Waals surface area contributed by atoms with Gasteiger partial charge in [0.05, 0.1) is 18.9 Å². The molecule has 4 heterocycles. The first-order chi connectivity index (χ1) is 11.6. The summed E-state index contributed by atoms with van der Waals surface area (Å²) < 4.78 is 12.5. The molecule has 6 nitrogen and oxygen atoms in total. The van der Waals surface area contributed by atoms with Crippen molar-refractivity contribution in [3.63, 3.8) is 0 Å². The predicted octanol–water partition coefficient (Wildman–Crippen LogP) is 2.95. The minimum Gasteiger partial charge on any atom is -0.356 e. The van der Waals surface area contributed by atoms with E-state index in [1.807, 2.05) is 25.3 Å². The summed E-state index contributed by atoms with van der Waals surface area (Å²) in [4.78, 5) is 15.7. The van der Waals surface area contributed by atoms with Gasteiger partial charge in [-0.15, -0.1) is 0 Å². The van der Waals surface area contributed by atoms with E-state index in [1.54, 1.807) is 6.20 Å². The van der Waals surface area contributed by atoms with E-state index in [0.717, 1.165) is 53.3 Å². The Kier molecular flexibility index (Phi) is 4.24. The molecule has 2 aromatic heterocycles. The van der Waals surface area contributed by atoms with E-state index in [2.05, 4.69) is 35.8 Å². The Morgan fingerprint density at radius 1 is 1.08 bits per heavy atom. The summed E-state index contributed by atoms with van der Waals surface area (Å²) in [6.45, 7) is 5.06. The molecule has 24 heavy (non-hydrogen) atoms. The third-order valence-corrected chi connectivity index (χ3v) is 4.92. The number of anilines is 1. The second kappa shape index (κ2) is 6.38. The number of aryl methyl sites for hydroxylation is 1. The predicted molar refractivity (Wildman–Crippen MR) is 93.8 cm³/mol. The molecule has 2 aliphatic rings. The van der Waals surface area contributed by atoms with Gasteiger partial charge in [-0.3, -0.25) is 4.98 Å². The Morgan fingerprint density at radius 3 is 2.54 bits per heavy atom. The highest BCUT2D eigenvalue weighted by Gasteiger charge is 2.40. The van der Waals surface area contributed by atoms with Gasteiger partial charge in [0.25, 0.3) is 0 Å². The van der Waals surface area contributed by atoms with Crippen LogP contribution in [0.15, 0.2) is 29.0 Å². The van der Waals surface area contributed by atoms with Gasteiger partial charge in [-0.2, -0.15) is 0 Å². The maximum Gasteiger partial charge on any atom is 0.171 e. The molecule has 2 aliphatic heterocycles. The van der Waals surface area contributed by atoms with Crippen LogP contribution in [0.4, 0.5) is 5.82 Å². The van der Waals surface area contributed by atoms with Crippen LogP contribution in [-0.2, 0) is 9.47 Å². The Balaban J connectivity index is 1.58. The largest absolute Gasteiger partial charge is 0.356 e. The maximum atomic E-state index is 5.80. The lowest BCUT2D eigenvalue weighted by atomic mass is 10.0. The molecule has 1 spiro atoms. The van der Waals surface area contributed by atoms with Crippen molar-refractivity contribution in [2.75, 3.05) is 31.2 Å². The molecule has 0 amide bonds. The smallest absolute Gasteiger partial charge is 0.171 e. The Labute approximate surface area is 149 Å². The first-order valence-corrected chi connectivity index (χ1v) is 8.92. The van der Waals surface area contributed by atoms with Crippen LogP contribution in [0.1, 0.15) is 18.7 Å². The number of pyridine rings is 1. The topological polar surface area (TPSA) is 60.4 Å². The Bertz CT molecular complexity index is 739. The number of aromatic nitrogens is 3. The molecular formula is C17H19BrN4O2. The third-order valence-electron chi connectivity index (χ3n) is 4.49. The van der Waals surface area contributed by atoms with Crippen LogP contribution in [0.25, 0.3) is 11.3 Å². The number of nitrogens with zero attached hydrogens (tertiary/aromatic N) is 4. The SMILES string of the molecule is Cc1nc(-c2cncc(Br)c2)cc(N2CCC3(CC2)OCCO3)n1. The van der Waals surface area contributed by atoms with Crippen LogP contribution in [0.5, 0.6) is 0 Å². The van der Waals surface area contributed by atoms with Gasteiger partial charge in [0.1, 0.15) is 11.6 Å². The Morgan fingerprint density at radius 2 is 1.83 bits per heavy atom. The highest BCUT2D eigenvalue weighted by molar-refractivity contribution is 9.10. The van der Waals surface area contributed by atoms with Crippen LogP contribution in [-0.4, -0.2) is 47.0 Å². The van der Waals surface area contributed by atoms with Crippen LogP contribution in [0.2, 0.25) is 0 Å². The lowest BCUT2D eigenvalue weighted by Gasteiger charge is -2.38. The molecule has 0 saturated carbocycles. The standard InChI is InChI=1S/C17H19BrN4O2/c1-12-20-15(13-8-14(18)11-19-10-13)9-16(21-12)22-4-2-17(3-5-22)23-6-7-24-17/h8-11H,2-7H2,1H3. The van der Waals surface area contributed by atoms with E-state index in [0.29, 0.717) is 13.2 Å². The highest BCUT2D eigenvalue weighted by atomic mass is 79.9. The lowest BCUT2D eigenvalue weighted by molar-refractivity contribution is -0.169. The van der Waals surface area contributed by atoms with E-state index in [9.17, 15) is 0 Å². The Hall–Kier alpha value is -1.57. The molecule has 2 fully saturated rings. The number of rotatable bonds is 2. The summed E-state index contributed by atoms with van der Waals surface area (Å²) in [5, 5.41) is 0. The molecule has 0 unspecified atom stereocenters. The number of halogens is 1. The van der Waals surface area contributed by atoms with E-state index < -0.39 is 0 Å². The molecule has 0 aliphatic carbocycles. The quantitative estimate of drug-likeness (QED) is 0.785. The van der Waals surface area contributed by atoms with Crippen molar-refractivity contribution in [3.05, 3.63) is 34.8 Å². The van der Waals surface area contributed by atoms with Gasteiger partial charge in [0.15, 0.2) is 5.79 Å². The highest BCUT2D eigenvalue weighted by Crippen LogP contribution is 2.33. The van der Waals surface area contributed by atoms with Gasteiger partial charge in [-0.05, 0) is 28.9 Å². The van der Waals surface area contributed by atoms with Gasteiger partial charge in [-0.25, -0.2) is 9.97 Å². The van der Waals surface area contributed by atoms with E-state index in [-0.39, 0.29) is 5.79 Å². The van der Waals surface area contributed by atoms with Crippen molar-refractivity contribution in [3.8, 4) is 11.3 Å². The monoisotopic (exact) mass is 390 g/mol. The zero-order valence-electron chi connectivity index (χ0n) is 13.5. The van der Waals surface area contributed by atoms with Crippen molar-refractivity contribution in [1.29, 1.82) is 0 Å². The molecule has 7 heteroatoms. The summed E-state index contributed by atoms with van der Waals surface area (Å²) in [7, 11) is 0. The zero-order chi connectivity index (χ0) is 16.6. The average molecular weight is 391 g/mol. The fourth-order valence-corrected chi connectivity index (χ4v) is 3.64. The molecule has 0 bridgehead atoms. The van der Waals surface area contributed by atoms with Crippen LogP contribution in [0.3, 0.4) is 0 Å². The molecule has 0 atom stereocenters. The molecule has 4 rings (SSSR count). The summed E-state index contributed by atoms with van der Waals surface area (Å²) in [5.41, 5.74) is 1.87. The summed E-state index contributed by atoms with van der Waals surface area (Å²) in [6.07, 6.45) is 5.32. The van der Waals surface area contributed by atoms with Crippen LogP contribution < -0.4 is 4.90 Å². The normalized spacial score (nSPS) is 19.8. The average Bonchev–Trinajstić information content (AvgIpc) is 3.03. The van der Waals surface area contributed by atoms with Crippen LogP contribution in [0, 0.1) is 6.92 Å². The van der Waals surface area contributed by atoms with Gasteiger partial charge >= 0.3 is 0 Å². The first kappa shape index (κ1) is 15.9. The summed E-state index contributed by atoms with van der Waals surface area (Å²) >= 11 is 3.46. The number of hydrogen-bond donors (Lipinski definition) is 0. The second-order valence-corrected chi connectivity index (χ2v) is 7.06. The number of piperidine rings is 1. The van der Waals surface area contributed by atoms with Crippen molar-refractivity contribution < 1.29 is 9.47 Å². The molecule has 126 valence electrons. The van der Waals surface area contributed by atoms with Crippen molar-refractivity contribution in [2.45, 2.75) is 25.6 Å². The molecular weight excluding hydrogens is 372 g/mol. The van der Waals surface area contributed by atoms with Gasteiger partial charge in [0, 0.05) is 54.4 Å². The van der Waals surface area contributed by atoms with E-state index in [1.165, 1.54) is 0 Å². The lowest BCUT2D eigenvalue weighted by Crippen LogP contribution is -2.45. The van der Waals surface area contributed by atoms with Crippen molar-refractivity contribution in [2.24, 2.45) is 0 Å². The van der Waals surface area contributed by atoms with Gasteiger partial charge in [0.2, 0.25) is 0 Å². The van der Waals surface area contributed by atoms with E-state index in [4.69, 9.17) is 9.47 Å². The summed E-state index contributed by atoms with van der Waals surface area (Å²) in [5.74, 6) is 1.34. The van der Waals surface area contributed by atoms with Crippen molar-refractivity contribution >= 4 is 21.7 Å². The number of hydrogen-bond acceptors (Lipinski definition) is 6. The van der Waals surface area contributed by atoms with E-state index >= 15 is 0 Å². The fourth-order valence-electron chi connectivity index (χ4n) is 3.28. The first-order valence-electron chi connectivity index (χ1n) is 8.13. The third kappa shape index (κ3) is 3.16. The molecule has 0 N–H and O–H groups in total. The molecule has 0 radical (unpaired) electrons. The zero-order valence-corrected chi connectivity index (χ0v) is 15.1. The minimum atomic E-state index is -0.365. The minimum absolute atomic E-state index is 0.365. The molecule has 2 aromatic rings. The summed E-state index contributed by atoms with van der Waals surface area (Å²) in [6, 6.07) is 4.05. The fraction of sp³-hybridized carbons (Fsp3) is 0.471. The molecule has 0 aromatic carbocycles. The second-order valence-electron chi connectivity index (χ2n) is 6.15. The van der Waals surface area contributed by atoms with Crippen molar-refractivity contribution in [1.82, 2.24) is 15.0 Å². The molecule has 2 saturated heterocycles. The number of ether oxygens (including phenoxy) is 2. The van der Waals surface area contributed by atoms with Gasteiger partial charge < -0.3 is 14.4 Å². The van der Waals surface area contributed by atoms with Gasteiger partial charge in [-0.1, -0.05) is 0 Å². The maximum absolute atomic E-state index is 5.80.